The first kappa shape index (κ1) is 19.2. The highest BCUT2D eigenvalue weighted by Crippen LogP contribution is 2.28. The Balaban J connectivity index is 1.37. The molecule has 0 saturated carbocycles. The quantitative estimate of drug-likeness (QED) is 0.860. The van der Waals surface area contributed by atoms with Gasteiger partial charge in [0.15, 0.2) is 5.76 Å². The highest BCUT2D eigenvalue weighted by atomic mass is 16.5. The van der Waals surface area contributed by atoms with Gasteiger partial charge in [0.25, 0.3) is 0 Å². The summed E-state index contributed by atoms with van der Waals surface area (Å²) >= 11 is 0. The summed E-state index contributed by atoms with van der Waals surface area (Å²) in [6.45, 7) is 5.59. The molecule has 2 saturated heterocycles. The van der Waals surface area contributed by atoms with E-state index in [1.165, 1.54) is 0 Å². The highest BCUT2D eigenvalue weighted by Gasteiger charge is 2.30. The number of rotatable bonds is 5. The number of nitrogens with zero attached hydrogens (tertiary/aromatic N) is 3. The van der Waals surface area contributed by atoms with Crippen molar-refractivity contribution in [2.24, 2.45) is 11.8 Å². The smallest absolute Gasteiger partial charge is 0.222 e. The van der Waals surface area contributed by atoms with Crippen molar-refractivity contribution in [1.29, 1.82) is 0 Å². The fraction of sp³-hybridized carbons (Fsp3) is 0.545. The van der Waals surface area contributed by atoms with Gasteiger partial charge in [-0.3, -0.25) is 4.79 Å². The van der Waals surface area contributed by atoms with Gasteiger partial charge in [-0.05, 0) is 44.8 Å². The Kier molecular flexibility index (Phi) is 6.07. The van der Waals surface area contributed by atoms with Crippen LogP contribution in [0.25, 0.3) is 11.3 Å². The molecule has 2 aliphatic rings. The number of likely N-dealkylation sites (N-methyl/N-ethyl adjacent to an activating group) is 1. The van der Waals surface area contributed by atoms with Crippen LogP contribution >= 0.6 is 0 Å². The fourth-order valence-corrected chi connectivity index (χ4v) is 4.31. The van der Waals surface area contributed by atoms with Gasteiger partial charge >= 0.3 is 0 Å². The van der Waals surface area contributed by atoms with Crippen LogP contribution in [0.3, 0.4) is 0 Å². The Hall–Kier alpha value is -2.18. The summed E-state index contributed by atoms with van der Waals surface area (Å²) in [7, 11) is 2.12. The maximum atomic E-state index is 12.8. The molecule has 150 valence electrons. The molecule has 1 aromatic heterocycles. The van der Waals surface area contributed by atoms with Gasteiger partial charge in [0, 0.05) is 44.2 Å². The van der Waals surface area contributed by atoms with E-state index in [4.69, 9.17) is 4.52 Å². The average molecular weight is 383 g/mol. The maximum absolute atomic E-state index is 12.8. The van der Waals surface area contributed by atoms with Crippen LogP contribution in [0.15, 0.2) is 40.9 Å². The first-order valence-corrected chi connectivity index (χ1v) is 10.4. The predicted molar refractivity (Wildman–Crippen MR) is 109 cm³/mol. The van der Waals surface area contributed by atoms with E-state index in [-0.39, 0.29) is 0 Å². The number of piperazine rings is 1. The molecule has 6 nitrogen and oxygen atoms in total. The number of hydrogen-bond acceptors (Lipinski definition) is 5. The summed E-state index contributed by atoms with van der Waals surface area (Å²) < 4.78 is 5.56. The molecule has 0 spiro atoms. The van der Waals surface area contributed by atoms with Crippen molar-refractivity contribution in [3.8, 4) is 11.3 Å². The van der Waals surface area contributed by atoms with Gasteiger partial charge < -0.3 is 19.6 Å². The van der Waals surface area contributed by atoms with Gasteiger partial charge in [-0.25, -0.2) is 0 Å². The Bertz CT molecular complexity index is 768. The van der Waals surface area contributed by atoms with Crippen LogP contribution in [0.4, 0.5) is 0 Å². The number of piperidine rings is 1. The summed E-state index contributed by atoms with van der Waals surface area (Å²) in [6, 6.07) is 12.1. The van der Waals surface area contributed by atoms with E-state index in [1.54, 1.807) is 0 Å². The predicted octanol–water partition coefficient (Wildman–Crippen LogP) is 2.27. The lowest BCUT2D eigenvalue weighted by Crippen LogP contribution is -2.48. The topological polar surface area (TPSA) is 61.6 Å². The molecule has 1 N–H and O–H groups in total. The Morgan fingerprint density at radius 3 is 2.75 bits per heavy atom. The molecule has 0 radical (unpaired) electrons. The van der Waals surface area contributed by atoms with Crippen LogP contribution in [-0.2, 0) is 11.2 Å². The minimum absolute atomic E-state index is 0.315. The molecule has 6 heteroatoms. The van der Waals surface area contributed by atoms with Crippen molar-refractivity contribution >= 4 is 5.91 Å². The number of hydrogen-bond donors (Lipinski definition) is 1. The summed E-state index contributed by atoms with van der Waals surface area (Å²) in [6.07, 6.45) is 2.55. The molecule has 2 fully saturated rings. The summed E-state index contributed by atoms with van der Waals surface area (Å²) in [5.41, 5.74) is 2.02. The normalized spacial score (nSPS) is 23.7. The largest absolute Gasteiger partial charge is 0.356 e. The molecule has 4 rings (SSSR count). The van der Waals surface area contributed by atoms with E-state index in [9.17, 15) is 4.79 Å². The van der Waals surface area contributed by atoms with Gasteiger partial charge in [0.1, 0.15) is 0 Å². The van der Waals surface area contributed by atoms with Gasteiger partial charge in [-0.2, -0.15) is 0 Å². The van der Waals surface area contributed by atoms with Crippen molar-refractivity contribution in [3.63, 3.8) is 0 Å². The van der Waals surface area contributed by atoms with Crippen molar-refractivity contribution in [2.75, 3.05) is 46.3 Å². The van der Waals surface area contributed by atoms with Gasteiger partial charge in [-0.15, -0.1) is 0 Å². The molecule has 2 atom stereocenters. The van der Waals surface area contributed by atoms with Gasteiger partial charge in [-0.1, -0.05) is 35.5 Å². The van der Waals surface area contributed by atoms with E-state index >= 15 is 0 Å². The second kappa shape index (κ2) is 8.88. The molecule has 0 aliphatic carbocycles. The van der Waals surface area contributed by atoms with E-state index in [0.29, 0.717) is 24.2 Å². The minimum Gasteiger partial charge on any atom is -0.356 e. The molecular formula is C22H30N4O2. The van der Waals surface area contributed by atoms with Gasteiger partial charge in [0.2, 0.25) is 5.91 Å². The SMILES string of the molecule is CN1CCN(C(=O)CC2CCNCC2Cc2cc(-c3ccccc3)on2)CC1. The Labute approximate surface area is 166 Å². The highest BCUT2D eigenvalue weighted by molar-refractivity contribution is 5.76. The lowest BCUT2D eigenvalue weighted by atomic mass is 9.81. The molecule has 2 aromatic rings. The number of carbonyl (C=O) groups is 1. The van der Waals surface area contributed by atoms with E-state index < -0.39 is 0 Å². The van der Waals surface area contributed by atoms with Crippen molar-refractivity contribution in [2.45, 2.75) is 19.3 Å². The summed E-state index contributed by atoms with van der Waals surface area (Å²) in [4.78, 5) is 17.1. The Morgan fingerprint density at radius 2 is 1.96 bits per heavy atom. The van der Waals surface area contributed by atoms with Crippen LogP contribution in [0.5, 0.6) is 0 Å². The lowest BCUT2D eigenvalue weighted by molar-refractivity contribution is -0.134. The third-order valence-corrected chi connectivity index (χ3v) is 6.15. The first-order valence-electron chi connectivity index (χ1n) is 10.4. The van der Waals surface area contributed by atoms with Crippen LogP contribution in [0, 0.1) is 11.8 Å². The molecule has 1 aromatic carbocycles. The minimum atomic E-state index is 0.315. The summed E-state index contributed by atoms with van der Waals surface area (Å²) in [5.74, 6) is 1.95. The second-order valence-electron chi connectivity index (χ2n) is 8.15. The van der Waals surface area contributed by atoms with Crippen LogP contribution < -0.4 is 5.32 Å². The molecule has 2 unspecified atom stereocenters. The van der Waals surface area contributed by atoms with Crippen molar-refractivity contribution in [1.82, 2.24) is 20.3 Å². The average Bonchev–Trinajstić information content (AvgIpc) is 3.19. The summed E-state index contributed by atoms with van der Waals surface area (Å²) in [5, 5.41) is 7.79. The lowest BCUT2D eigenvalue weighted by Gasteiger charge is -2.36. The Morgan fingerprint density at radius 1 is 1.18 bits per heavy atom. The molecular weight excluding hydrogens is 352 g/mol. The molecule has 3 heterocycles. The monoisotopic (exact) mass is 382 g/mol. The van der Waals surface area contributed by atoms with Crippen LogP contribution in [0.2, 0.25) is 0 Å². The van der Waals surface area contributed by atoms with Gasteiger partial charge in [0.05, 0.1) is 5.69 Å². The van der Waals surface area contributed by atoms with Crippen molar-refractivity contribution < 1.29 is 9.32 Å². The fourth-order valence-electron chi connectivity index (χ4n) is 4.31. The van der Waals surface area contributed by atoms with Crippen LogP contribution in [-0.4, -0.2) is 67.2 Å². The molecule has 28 heavy (non-hydrogen) atoms. The number of amides is 1. The van der Waals surface area contributed by atoms with E-state index in [1.807, 2.05) is 41.3 Å². The zero-order valence-corrected chi connectivity index (χ0v) is 16.6. The standard InChI is InChI=1S/C22H30N4O2/c1-25-9-11-26(12-10-25)22(27)14-18-7-8-23-16-19(18)13-20-15-21(28-24-20)17-5-3-2-4-6-17/h2-6,15,18-19,23H,7-14,16H2,1H3. The zero-order chi connectivity index (χ0) is 19.3. The first-order chi connectivity index (χ1) is 13.7. The number of carbonyl (C=O) groups excluding carboxylic acids is 1. The van der Waals surface area contributed by atoms with E-state index in [2.05, 4.69) is 22.4 Å². The zero-order valence-electron chi connectivity index (χ0n) is 16.6. The van der Waals surface area contributed by atoms with Crippen molar-refractivity contribution in [3.05, 3.63) is 42.1 Å². The number of benzene rings is 1. The maximum Gasteiger partial charge on any atom is 0.222 e. The molecule has 0 bridgehead atoms. The molecule has 2 aliphatic heterocycles. The van der Waals surface area contributed by atoms with Crippen LogP contribution in [0.1, 0.15) is 18.5 Å². The van der Waals surface area contributed by atoms with E-state index in [0.717, 1.165) is 69.1 Å². The third kappa shape index (κ3) is 4.62. The second-order valence-corrected chi connectivity index (χ2v) is 8.15. The number of aromatic nitrogens is 1. The third-order valence-electron chi connectivity index (χ3n) is 6.15. The number of nitrogens with one attached hydrogen (secondary N) is 1. The molecule has 1 amide bonds.